The van der Waals surface area contributed by atoms with Gasteiger partial charge in [0.25, 0.3) is 5.91 Å². The van der Waals surface area contributed by atoms with Crippen molar-refractivity contribution in [2.75, 3.05) is 32.7 Å². The third-order valence-electron chi connectivity index (χ3n) is 7.33. The number of nitrogens with zero attached hydrogens (tertiary/aromatic N) is 3. The van der Waals surface area contributed by atoms with Crippen LogP contribution in [0.2, 0.25) is 0 Å². The zero-order valence-electron chi connectivity index (χ0n) is 22.1. The summed E-state index contributed by atoms with van der Waals surface area (Å²) in [4.78, 5) is 42.0. The topological polar surface area (TPSA) is 109 Å². The van der Waals surface area contributed by atoms with Gasteiger partial charge in [-0.25, -0.2) is 4.79 Å². The smallest absolute Gasteiger partial charge is 0.329 e. The van der Waals surface area contributed by atoms with Crippen LogP contribution >= 0.6 is 0 Å². The van der Waals surface area contributed by atoms with E-state index in [0.717, 1.165) is 18.4 Å². The quantitative estimate of drug-likeness (QED) is 0.448. The molecule has 1 saturated heterocycles. The normalized spacial score (nSPS) is 20.3. The fourth-order valence-corrected chi connectivity index (χ4v) is 5.49. The molecule has 2 aromatic rings. The van der Waals surface area contributed by atoms with Gasteiger partial charge in [0, 0.05) is 51.3 Å². The van der Waals surface area contributed by atoms with Crippen LogP contribution in [0.25, 0.3) is 11.3 Å². The van der Waals surface area contributed by atoms with Crippen LogP contribution in [-0.2, 0) is 11.3 Å². The molecule has 1 saturated carbocycles. The summed E-state index contributed by atoms with van der Waals surface area (Å²) < 4.78 is 3.27. The van der Waals surface area contributed by atoms with Gasteiger partial charge in [-0.05, 0) is 25.2 Å². The molecule has 4 rings (SSSR count). The van der Waals surface area contributed by atoms with Gasteiger partial charge in [0.1, 0.15) is 5.69 Å². The number of hydrogen-bond acceptors (Lipinski definition) is 5. The van der Waals surface area contributed by atoms with Crippen molar-refractivity contribution < 1.29 is 14.7 Å². The van der Waals surface area contributed by atoms with E-state index in [0.29, 0.717) is 76.3 Å². The van der Waals surface area contributed by atoms with Crippen LogP contribution in [0.1, 0.15) is 68.9 Å². The van der Waals surface area contributed by atoms with Crippen molar-refractivity contribution in [3.8, 4) is 11.3 Å². The van der Waals surface area contributed by atoms with E-state index in [-0.39, 0.29) is 29.5 Å². The second-order valence-electron chi connectivity index (χ2n) is 10.6. The lowest BCUT2D eigenvalue weighted by molar-refractivity contribution is -0.121. The Balaban J connectivity index is 1.75. The van der Waals surface area contributed by atoms with E-state index < -0.39 is 6.10 Å². The van der Waals surface area contributed by atoms with E-state index in [2.05, 4.69) is 10.6 Å². The third-order valence-corrected chi connectivity index (χ3v) is 7.33. The molecule has 0 radical (unpaired) electrons. The fourth-order valence-electron chi connectivity index (χ4n) is 5.49. The van der Waals surface area contributed by atoms with E-state index >= 15 is 0 Å². The molecule has 3 N–H and O–H groups in total. The zero-order chi connectivity index (χ0) is 26.4. The van der Waals surface area contributed by atoms with E-state index in [1.54, 1.807) is 14.0 Å². The number of carbonyl (C=O) groups is 2. The summed E-state index contributed by atoms with van der Waals surface area (Å²) in [6.07, 6.45) is 3.53. The van der Waals surface area contributed by atoms with Crippen molar-refractivity contribution >= 4 is 11.8 Å². The van der Waals surface area contributed by atoms with Crippen LogP contribution in [0, 0.1) is 5.92 Å². The zero-order valence-corrected chi connectivity index (χ0v) is 22.1. The molecule has 1 aliphatic carbocycles. The van der Waals surface area contributed by atoms with Crippen molar-refractivity contribution in [2.24, 2.45) is 5.92 Å². The molecule has 0 bridgehead atoms. The van der Waals surface area contributed by atoms with Crippen molar-refractivity contribution in [3.05, 3.63) is 46.5 Å². The number of benzene rings is 1. The van der Waals surface area contributed by atoms with Crippen LogP contribution in [-0.4, -0.2) is 69.8 Å². The first kappa shape index (κ1) is 27.1. The first-order chi connectivity index (χ1) is 17.9. The molecular weight excluding hydrogens is 470 g/mol. The lowest BCUT2D eigenvalue weighted by Gasteiger charge is -2.30. The van der Waals surface area contributed by atoms with Gasteiger partial charge in [-0.15, -0.1) is 0 Å². The van der Waals surface area contributed by atoms with Gasteiger partial charge in [0.15, 0.2) is 0 Å². The first-order valence-corrected chi connectivity index (χ1v) is 13.7. The van der Waals surface area contributed by atoms with Crippen LogP contribution < -0.4 is 16.3 Å². The summed E-state index contributed by atoms with van der Waals surface area (Å²) >= 11 is 0. The SMILES string of the molecule is CC(C)CC(=O)NCCCn1c(C(=O)N2CCNCC2)c(-c2ccccc2)n(C2CCCCC2O)c1=O. The Labute approximate surface area is 218 Å². The standard InChI is InChI=1S/C28H41N5O4/c1-20(2)19-24(35)30-13-8-16-32-26(27(36)31-17-14-29-15-18-31)25(21-9-4-3-5-10-21)33(28(32)37)22-11-6-7-12-23(22)34/h3-5,9-10,20,22-23,29,34H,6-8,11-19H2,1-2H3,(H,30,35). The Bertz CT molecular complexity index is 1120. The number of aliphatic hydroxyl groups excluding tert-OH is 1. The molecule has 9 nitrogen and oxygen atoms in total. The highest BCUT2D eigenvalue weighted by atomic mass is 16.3. The maximum absolute atomic E-state index is 14.0. The summed E-state index contributed by atoms with van der Waals surface area (Å²) in [5, 5.41) is 17.1. The van der Waals surface area contributed by atoms with Crippen LogP contribution in [0.3, 0.4) is 0 Å². The van der Waals surface area contributed by atoms with Gasteiger partial charge in [-0.1, -0.05) is 57.0 Å². The highest BCUT2D eigenvalue weighted by Gasteiger charge is 2.35. The first-order valence-electron chi connectivity index (χ1n) is 13.7. The van der Waals surface area contributed by atoms with Crippen molar-refractivity contribution in [1.82, 2.24) is 24.7 Å². The van der Waals surface area contributed by atoms with Gasteiger partial charge >= 0.3 is 5.69 Å². The molecule has 1 aromatic carbocycles. The Hall–Kier alpha value is -2.91. The maximum atomic E-state index is 14.0. The highest BCUT2D eigenvalue weighted by Crippen LogP contribution is 2.34. The highest BCUT2D eigenvalue weighted by molar-refractivity contribution is 5.98. The van der Waals surface area contributed by atoms with Gasteiger partial charge in [0.05, 0.1) is 17.8 Å². The molecule has 9 heteroatoms. The average Bonchev–Trinajstić information content (AvgIpc) is 3.18. The average molecular weight is 512 g/mol. The van der Waals surface area contributed by atoms with Gasteiger partial charge < -0.3 is 20.6 Å². The molecule has 37 heavy (non-hydrogen) atoms. The summed E-state index contributed by atoms with van der Waals surface area (Å²) in [5.74, 6) is 0.105. The largest absolute Gasteiger partial charge is 0.391 e. The monoisotopic (exact) mass is 511 g/mol. The molecule has 1 aliphatic heterocycles. The van der Waals surface area contributed by atoms with Crippen LogP contribution in [0.4, 0.5) is 0 Å². The molecule has 2 fully saturated rings. The summed E-state index contributed by atoms with van der Waals surface area (Å²) in [5.41, 5.74) is 1.49. The molecule has 0 spiro atoms. The van der Waals surface area contributed by atoms with E-state index in [9.17, 15) is 19.5 Å². The van der Waals surface area contributed by atoms with Crippen LogP contribution in [0.15, 0.2) is 35.1 Å². The fraction of sp³-hybridized carbons (Fsp3) is 0.607. The maximum Gasteiger partial charge on any atom is 0.329 e. The second-order valence-corrected chi connectivity index (χ2v) is 10.6. The molecule has 2 atom stereocenters. The number of piperazine rings is 1. The number of amides is 2. The van der Waals surface area contributed by atoms with Crippen LogP contribution in [0.5, 0.6) is 0 Å². The molecule has 2 unspecified atom stereocenters. The van der Waals surface area contributed by atoms with Gasteiger partial charge in [0.2, 0.25) is 5.91 Å². The van der Waals surface area contributed by atoms with Crippen molar-refractivity contribution in [1.29, 1.82) is 0 Å². The number of rotatable bonds is 9. The van der Waals surface area contributed by atoms with E-state index in [4.69, 9.17) is 0 Å². The molecule has 1 aromatic heterocycles. The third kappa shape index (κ3) is 6.33. The molecule has 202 valence electrons. The molecular formula is C28H41N5O4. The Morgan fingerprint density at radius 2 is 1.81 bits per heavy atom. The summed E-state index contributed by atoms with van der Waals surface area (Å²) in [6, 6.07) is 9.19. The number of imidazole rings is 1. The Morgan fingerprint density at radius 3 is 2.49 bits per heavy atom. The van der Waals surface area contributed by atoms with E-state index in [1.165, 1.54) is 0 Å². The number of aromatic nitrogens is 2. The molecule has 2 aliphatic rings. The number of carbonyl (C=O) groups excluding carboxylic acids is 2. The molecule has 2 amide bonds. The minimum atomic E-state index is -0.637. The predicted octanol–water partition coefficient (Wildman–Crippen LogP) is 2.39. The van der Waals surface area contributed by atoms with Crippen molar-refractivity contribution in [2.45, 2.75) is 71.1 Å². The molecule has 2 heterocycles. The lowest BCUT2D eigenvalue weighted by atomic mass is 9.92. The predicted molar refractivity (Wildman–Crippen MR) is 143 cm³/mol. The summed E-state index contributed by atoms with van der Waals surface area (Å²) in [6.45, 7) is 7.30. The minimum absolute atomic E-state index is 0.00710. The lowest BCUT2D eigenvalue weighted by Crippen LogP contribution is -2.47. The Morgan fingerprint density at radius 1 is 1.11 bits per heavy atom. The second kappa shape index (κ2) is 12.6. The van der Waals surface area contributed by atoms with E-state index in [1.807, 2.05) is 44.2 Å². The minimum Gasteiger partial charge on any atom is -0.391 e. The van der Waals surface area contributed by atoms with Gasteiger partial charge in [-0.2, -0.15) is 0 Å². The number of aliphatic hydroxyl groups is 1. The summed E-state index contributed by atoms with van der Waals surface area (Å²) in [7, 11) is 0. The van der Waals surface area contributed by atoms with Crippen molar-refractivity contribution in [3.63, 3.8) is 0 Å². The number of hydrogen-bond donors (Lipinski definition) is 3. The Kier molecular flexibility index (Phi) is 9.21. The van der Waals surface area contributed by atoms with Gasteiger partial charge in [-0.3, -0.25) is 18.7 Å². The number of nitrogens with one attached hydrogen (secondary N) is 2.